The Labute approximate surface area is 193 Å². The lowest BCUT2D eigenvalue weighted by Gasteiger charge is -2.63. The average molecular weight is 474 g/mol. The van der Waals surface area contributed by atoms with E-state index in [1.165, 1.54) is 0 Å². The molecule has 3 aromatic rings. The second-order valence-electron chi connectivity index (χ2n) is 9.07. The molecule has 3 aliphatic rings. The van der Waals surface area contributed by atoms with Crippen LogP contribution in [0.5, 0.6) is 0 Å². The quantitative estimate of drug-likeness (QED) is 0.440. The molecule has 0 saturated carbocycles. The first-order valence-corrected chi connectivity index (χ1v) is 12.4. The van der Waals surface area contributed by atoms with Crippen molar-refractivity contribution in [2.45, 2.75) is 37.9 Å². The van der Waals surface area contributed by atoms with Crippen LogP contribution in [0.3, 0.4) is 0 Å². The zero-order chi connectivity index (χ0) is 22.0. The predicted molar refractivity (Wildman–Crippen MR) is 124 cm³/mol. The van der Waals surface area contributed by atoms with E-state index in [2.05, 4.69) is 31.7 Å². The molecule has 6 heterocycles. The molecule has 1 spiro atoms. The number of likely N-dealkylation sites (tertiary alicyclic amines) is 1. The van der Waals surface area contributed by atoms with E-state index in [0.29, 0.717) is 11.7 Å². The molecule has 2 atom stereocenters. The topological polar surface area (TPSA) is 101 Å². The van der Waals surface area contributed by atoms with Crippen LogP contribution in [0.2, 0.25) is 5.15 Å². The monoisotopic (exact) mass is 473 g/mol. The van der Waals surface area contributed by atoms with Crippen LogP contribution in [0.4, 0.5) is 11.5 Å². The van der Waals surface area contributed by atoms with Crippen LogP contribution >= 0.6 is 11.6 Å². The number of anilines is 2. The van der Waals surface area contributed by atoms with Crippen molar-refractivity contribution < 1.29 is 8.76 Å². The predicted octanol–water partition coefficient (Wildman–Crippen LogP) is 2.40. The first-order valence-electron chi connectivity index (χ1n) is 10.7. The van der Waals surface area contributed by atoms with Crippen molar-refractivity contribution in [3.63, 3.8) is 0 Å². The van der Waals surface area contributed by atoms with Crippen LogP contribution < -0.4 is 9.80 Å². The van der Waals surface area contributed by atoms with Crippen molar-refractivity contribution in [1.82, 2.24) is 24.8 Å². The van der Waals surface area contributed by atoms with Gasteiger partial charge in [-0.15, -0.1) is 0 Å². The number of fused-ring (bicyclic) bond motifs is 2. The van der Waals surface area contributed by atoms with Crippen LogP contribution in [0, 0.1) is 0 Å². The molecule has 3 aromatic heterocycles. The van der Waals surface area contributed by atoms with E-state index >= 15 is 0 Å². The number of halogens is 1. The van der Waals surface area contributed by atoms with Crippen molar-refractivity contribution >= 4 is 45.2 Å². The van der Waals surface area contributed by atoms with Crippen LogP contribution in [0.15, 0.2) is 24.7 Å². The van der Waals surface area contributed by atoms with Gasteiger partial charge in [-0.1, -0.05) is 11.6 Å². The van der Waals surface area contributed by atoms with E-state index < -0.39 is 11.1 Å². The summed E-state index contributed by atoms with van der Waals surface area (Å²) in [5.41, 5.74) is 4.12. The lowest BCUT2D eigenvalue weighted by Crippen LogP contribution is -2.77. The van der Waals surface area contributed by atoms with Gasteiger partial charge in [-0.25, -0.2) is 19.2 Å². The van der Waals surface area contributed by atoms with Gasteiger partial charge in [0, 0.05) is 55.8 Å². The molecule has 0 aromatic carbocycles. The minimum absolute atomic E-state index is 0.0171. The Morgan fingerprint density at radius 1 is 1.38 bits per heavy atom. The largest absolute Gasteiger partial charge is 0.363 e. The Hall–Kier alpha value is -2.27. The Bertz CT molecular complexity index is 1230. The van der Waals surface area contributed by atoms with Gasteiger partial charge in [0.25, 0.3) is 0 Å². The van der Waals surface area contributed by atoms with Gasteiger partial charge in [0.15, 0.2) is 11.1 Å². The zero-order valence-corrected chi connectivity index (χ0v) is 19.2. The maximum atomic E-state index is 11.2. The Morgan fingerprint density at radius 2 is 2.22 bits per heavy atom. The number of hydrogen-bond acceptors (Lipinski definition) is 7. The maximum Gasteiger partial charge on any atom is 0.167 e. The normalized spacial score (nSPS) is 23.2. The number of nitrogens with one attached hydrogen (secondary N) is 1. The number of pyridine rings is 1. The lowest BCUT2D eigenvalue weighted by atomic mass is 9.77. The van der Waals surface area contributed by atoms with Gasteiger partial charge < -0.3 is 19.3 Å². The van der Waals surface area contributed by atoms with Gasteiger partial charge in [-0.3, -0.25) is 4.90 Å². The molecule has 2 saturated heterocycles. The van der Waals surface area contributed by atoms with E-state index in [-0.39, 0.29) is 17.5 Å². The third-order valence-corrected chi connectivity index (χ3v) is 7.88. The highest BCUT2D eigenvalue weighted by atomic mass is 35.5. The van der Waals surface area contributed by atoms with Gasteiger partial charge in [0.2, 0.25) is 0 Å². The summed E-state index contributed by atoms with van der Waals surface area (Å²) in [6, 6.07) is 4.23. The van der Waals surface area contributed by atoms with Crippen molar-refractivity contribution in [3.05, 3.63) is 41.1 Å². The van der Waals surface area contributed by atoms with Crippen molar-refractivity contribution in [3.8, 4) is 0 Å². The molecular weight excluding hydrogens is 450 g/mol. The van der Waals surface area contributed by atoms with Gasteiger partial charge >= 0.3 is 0 Å². The summed E-state index contributed by atoms with van der Waals surface area (Å²) < 4.78 is 20.4. The number of nitrogens with zero attached hydrogens (tertiary/aromatic N) is 6. The molecule has 0 radical (unpaired) electrons. The van der Waals surface area contributed by atoms with E-state index in [9.17, 15) is 8.76 Å². The molecule has 2 N–H and O–H groups in total. The second-order valence-corrected chi connectivity index (χ2v) is 10.4. The highest BCUT2D eigenvalue weighted by molar-refractivity contribution is 7.79. The summed E-state index contributed by atoms with van der Waals surface area (Å²) in [6.07, 6.45) is 5.47. The van der Waals surface area contributed by atoms with E-state index in [4.69, 9.17) is 16.6 Å². The van der Waals surface area contributed by atoms with Crippen LogP contribution in [0.1, 0.15) is 24.6 Å². The molecule has 0 aliphatic carbocycles. The highest BCUT2D eigenvalue weighted by Crippen LogP contribution is 2.44. The minimum Gasteiger partial charge on any atom is -0.363 e. The van der Waals surface area contributed by atoms with E-state index in [1.54, 1.807) is 6.33 Å². The standard InChI is InChI=1S/C21H24ClN7O2S/c1-13-6-16-15(8-28(13)17-7-18(22)26-19-14(17)2-4-23-19)20(25-11-24-16)29-5-3-21(29)9-27(10-21)12-32(30)31/h2,4,7,11,13H,3,5-6,8-10,12H2,1H3,(H,23,26)(H,30,31)/t13-/m1/s1. The summed E-state index contributed by atoms with van der Waals surface area (Å²) in [6.45, 7) is 5.44. The third kappa shape index (κ3) is 3.12. The second kappa shape index (κ2) is 7.38. The highest BCUT2D eigenvalue weighted by Gasteiger charge is 2.54. The molecule has 2 fully saturated rings. The molecule has 1 unspecified atom stereocenters. The fourth-order valence-corrected chi connectivity index (χ4v) is 6.19. The fourth-order valence-electron chi connectivity index (χ4n) is 5.51. The van der Waals surface area contributed by atoms with E-state index in [1.807, 2.05) is 23.2 Å². The number of H-pyrrole nitrogens is 1. The summed E-state index contributed by atoms with van der Waals surface area (Å²) in [5.74, 6) is 1.20. The average Bonchev–Trinajstić information content (AvgIpc) is 3.16. The van der Waals surface area contributed by atoms with Gasteiger partial charge in [-0.2, -0.15) is 0 Å². The van der Waals surface area contributed by atoms with Gasteiger partial charge in [-0.05, 0) is 25.5 Å². The number of aromatic amines is 1. The van der Waals surface area contributed by atoms with Gasteiger partial charge in [0.1, 0.15) is 28.8 Å². The first kappa shape index (κ1) is 20.3. The van der Waals surface area contributed by atoms with Crippen molar-refractivity contribution in [2.75, 3.05) is 35.3 Å². The molecule has 6 rings (SSSR count). The minimum atomic E-state index is -1.80. The van der Waals surface area contributed by atoms with E-state index in [0.717, 1.165) is 66.3 Å². The first-order chi connectivity index (χ1) is 15.4. The summed E-state index contributed by atoms with van der Waals surface area (Å²) in [4.78, 5) is 23.7. The zero-order valence-electron chi connectivity index (χ0n) is 17.7. The Balaban J connectivity index is 1.33. The molecular formula is C21H24ClN7O2S. The van der Waals surface area contributed by atoms with Crippen LogP contribution in [0.25, 0.3) is 11.0 Å². The van der Waals surface area contributed by atoms with Gasteiger partial charge in [0.05, 0.1) is 16.9 Å². The molecule has 3 aliphatic heterocycles. The molecule has 168 valence electrons. The maximum absolute atomic E-state index is 11.2. The smallest absolute Gasteiger partial charge is 0.167 e. The lowest BCUT2D eigenvalue weighted by molar-refractivity contribution is 0.0387. The third-order valence-electron chi connectivity index (χ3n) is 7.10. The Kier molecular flexibility index (Phi) is 4.69. The summed E-state index contributed by atoms with van der Waals surface area (Å²) in [7, 11) is 0. The SMILES string of the molecule is C[C@@H]1Cc2ncnc(N3CCC34CN(CS(=O)O)C4)c2CN1c1cc(Cl)nc2[nH]ccc12. The van der Waals surface area contributed by atoms with Crippen LogP contribution in [-0.2, 0) is 24.0 Å². The molecule has 9 nitrogen and oxygen atoms in total. The molecule has 0 bridgehead atoms. The number of rotatable bonds is 4. The number of hydrogen-bond donors (Lipinski definition) is 2. The Morgan fingerprint density at radius 3 is 2.97 bits per heavy atom. The van der Waals surface area contributed by atoms with Crippen molar-refractivity contribution in [2.24, 2.45) is 0 Å². The molecule has 32 heavy (non-hydrogen) atoms. The summed E-state index contributed by atoms with van der Waals surface area (Å²) in [5, 5.41) is 1.52. The number of aromatic nitrogens is 4. The van der Waals surface area contributed by atoms with Crippen LogP contribution in [-0.4, -0.2) is 70.7 Å². The fraction of sp³-hybridized carbons (Fsp3) is 0.476. The molecule has 11 heteroatoms. The molecule has 0 amide bonds. The van der Waals surface area contributed by atoms with Crippen molar-refractivity contribution in [1.29, 1.82) is 0 Å². The summed E-state index contributed by atoms with van der Waals surface area (Å²) >= 11 is 4.54.